The molecule has 0 amide bonds. The summed E-state index contributed by atoms with van der Waals surface area (Å²) in [4.78, 5) is 26.7. The SMILES string of the molecule is O=C(O)CCC=CCP(=O)(O)O. The molecule has 0 heterocycles. The van der Waals surface area contributed by atoms with Gasteiger partial charge in [0.25, 0.3) is 0 Å². The number of rotatable bonds is 5. The second-order valence-corrected chi connectivity index (χ2v) is 3.95. The lowest BCUT2D eigenvalue weighted by Crippen LogP contribution is -1.91. The standard InChI is InChI=1S/C6H11O5P/c7-6(8)4-2-1-3-5-12(9,10)11/h1,3H,2,4-5H2,(H,7,8)(H2,9,10,11). The molecule has 0 aromatic carbocycles. The average molecular weight is 194 g/mol. The van der Waals surface area contributed by atoms with E-state index in [0.29, 0.717) is 6.42 Å². The van der Waals surface area contributed by atoms with Gasteiger partial charge in [0.15, 0.2) is 0 Å². The maximum Gasteiger partial charge on any atom is 0.329 e. The molecule has 0 aliphatic heterocycles. The Morgan fingerprint density at radius 1 is 1.33 bits per heavy atom. The van der Waals surface area contributed by atoms with Gasteiger partial charge in [0.1, 0.15) is 0 Å². The fraction of sp³-hybridized carbons (Fsp3) is 0.500. The van der Waals surface area contributed by atoms with Crippen LogP contribution in [0.4, 0.5) is 0 Å². The molecular formula is C6H11O5P. The van der Waals surface area contributed by atoms with E-state index in [0.717, 1.165) is 0 Å². The predicted octanol–water partition coefficient (Wildman–Crippen LogP) is 0.585. The number of carboxylic acid groups (broad SMARTS) is 1. The van der Waals surface area contributed by atoms with Gasteiger partial charge in [0.05, 0.1) is 6.16 Å². The Kier molecular flexibility index (Phi) is 4.81. The molecular weight excluding hydrogens is 183 g/mol. The Morgan fingerprint density at radius 2 is 1.92 bits per heavy atom. The molecule has 0 aliphatic rings. The monoisotopic (exact) mass is 194 g/mol. The van der Waals surface area contributed by atoms with E-state index in [1.807, 2.05) is 0 Å². The summed E-state index contributed by atoms with van der Waals surface area (Å²) in [6.45, 7) is 0. The molecule has 0 aliphatic carbocycles. The minimum absolute atomic E-state index is 0.0162. The first-order chi connectivity index (χ1) is 5.42. The van der Waals surface area contributed by atoms with Gasteiger partial charge in [-0.1, -0.05) is 12.2 Å². The predicted molar refractivity (Wildman–Crippen MR) is 42.9 cm³/mol. The zero-order chi connectivity index (χ0) is 9.61. The Labute approximate surface area is 69.9 Å². The molecule has 3 N–H and O–H groups in total. The van der Waals surface area contributed by atoms with Gasteiger partial charge < -0.3 is 14.9 Å². The van der Waals surface area contributed by atoms with Crippen LogP contribution < -0.4 is 0 Å². The van der Waals surface area contributed by atoms with Gasteiger partial charge in [-0.15, -0.1) is 0 Å². The molecule has 0 rings (SSSR count). The second-order valence-electron chi connectivity index (χ2n) is 2.25. The summed E-state index contributed by atoms with van der Waals surface area (Å²) >= 11 is 0. The van der Waals surface area contributed by atoms with E-state index in [1.54, 1.807) is 0 Å². The van der Waals surface area contributed by atoms with E-state index in [4.69, 9.17) is 14.9 Å². The molecule has 12 heavy (non-hydrogen) atoms. The van der Waals surface area contributed by atoms with Crippen LogP contribution in [-0.4, -0.2) is 27.0 Å². The molecule has 0 atom stereocenters. The van der Waals surface area contributed by atoms with Crippen molar-refractivity contribution in [2.75, 3.05) is 6.16 Å². The van der Waals surface area contributed by atoms with Crippen LogP contribution >= 0.6 is 7.60 Å². The van der Waals surface area contributed by atoms with Crippen LogP contribution in [0.5, 0.6) is 0 Å². The highest BCUT2D eigenvalue weighted by molar-refractivity contribution is 7.51. The summed E-state index contributed by atoms with van der Waals surface area (Å²) in [6.07, 6.45) is 2.70. The van der Waals surface area contributed by atoms with Crippen molar-refractivity contribution in [3.8, 4) is 0 Å². The number of carbonyl (C=O) groups is 1. The molecule has 0 saturated heterocycles. The van der Waals surface area contributed by atoms with Gasteiger partial charge in [-0.05, 0) is 6.42 Å². The van der Waals surface area contributed by atoms with E-state index in [9.17, 15) is 9.36 Å². The Hall–Kier alpha value is -0.640. The van der Waals surface area contributed by atoms with Gasteiger partial charge in [-0.2, -0.15) is 0 Å². The third kappa shape index (κ3) is 9.36. The minimum Gasteiger partial charge on any atom is -0.481 e. The minimum atomic E-state index is -3.96. The van der Waals surface area contributed by atoms with Crippen LogP contribution in [-0.2, 0) is 9.36 Å². The van der Waals surface area contributed by atoms with Crippen molar-refractivity contribution in [3.05, 3.63) is 12.2 Å². The highest BCUT2D eigenvalue weighted by atomic mass is 31.2. The summed E-state index contributed by atoms with van der Waals surface area (Å²) in [5.41, 5.74) is 0. The molecule has 70 valence electrons. The summed E-state index contributed by atoms with van der Waals surface area (Å²) in [5, 5.41) is 8.19. The van der Waals surface area contributed by atoms with Gasteiger partial charge in [-0.25, -0.2) is 0 Å². The molecule has 5 nitrogen and oxygen atoms in total. The highest BCUT2D eigenvalue weighted by Crippen LogP contribution is 2.33. The van der Waals surface area contributed by atoms with Crippen molar-refractivity contribution < 1.29 is 24.3 Å². The number of hydrogen-bond acceptors (Lipinski definition) is 2. The Bertz CT molecular complexity index is 216. The van der Waals surface area contributed by atoms with Crippen molar-refractivity contribution >= 4 is 13.6 Å². The van der Waals surface area contributed by atoms with Gasteiger partial charge in [-0.3, -0.25) is 9.36 Å². The average Bonchev–Trinajstić information content (AvgIpc) is 1.83. The van der Waals surface area contributed by atoms with Crippen molar-refractivity contribution in [3.63, 3.8) is 0 Å². The van der Waals surface area contributed by atoms with Crippen LogP contribution in [0.25, 0.3) is 0 Å². The van der Waals surface area contributed by atoms with Crippen LogP contribution in [0.1, 0.15) is 12.8 Å². The van der Waals surface area contributed by atoms with Gasteiger partial charge in [0.2, 0.25) is 0 Å². The van der Waals surface area contributed by atoms with Crippen molar-refractivity contribution in [1.29, 1.82) is 0 Å². The van der Waals surface area contributed by atoms with Crippen LogP contribution in [0, 0.1) is 0 Å². The lowest BCUT2D eigenvalue weighted by molar-refractivity contribution is -0.136. The fourth-order valence-electron chi connectivity index (χ4n) is 0.537. The number of allylic oxidation sites excluding steroid dienone is 2. The van der Waals surface area contributed by atoms with Crippen molar-refractivity contribution in [2.24, 2.45) is 0 Å². The smallest absolute Gasteiger partial charge is 0.329 e. The number of aliphatic carboxylic acids is 1. The quantitative estimate of drug-likeness (QED) is 0.439. The van der Waals surface area contributed by atoms with Gasteiger partial charge in [0, 0.05) is 6.42 Å². The summed E-state index contributed by atoms with van der Waals surface area (Å²) in [5.74, 6) is -0.921. The Morgan fingerprint density at radius 3 is 2.33 bits per heavy atom. The molecule has 0 aromatic heterocycles. The number of carboxylic acids is 1. The topological polar surface area (TPSA) is 94.8 Å². The third-order valence-electron chi connectivity index (χ3n) is 1.03. The normalized spacial score (nSPS) is 12.2. The summed E-state index contributed by atoms with van der Waals surface area (Å²) in [6, 6.07) is 0. The van der Waals surface area contributed by atoms with E-state index in [2.05, 4.69) is 0 Å². The number of hydrogen-bond donors (Lipinski definition) is 3. The van der Waals surface area contributed by atoms with E-state index in [-0.39, 0.29) is 12.6 Å². The summed E-state index contributed by atoms with van der Waals surface area (Å²) in [7, 11) is -3.96. The Balaban J connectivity index is 3.52. The van der Waals surface area contributed by atoms with E-state index >= 15 is 0 Å². The maximum atomic E-state index is 10.3. The van der Waals surface area contributed by atoms with E-state index in [1.165, 1.54) is 12.2 Å². The molecule has 0 fully saturated rings. The molecule has 0 bridgehead atoms. The second kappa shape index (κ2) is 5.09. The first kappa shape index (κ1) is 11.4. The zero-order valence-corrected chi connectivity index (χ0v) is 7.28. The first-order valence-corrected chi connectivity index (χ1v) is 5.13. The van der Waals surface area contributed by atoms with Crippen LogP contribution in [0.2, 0.25) is 0 Å². The van der Waals surface area contributed by atoms with Crippen molar-refractivity contribution in [1.82, 2.24) is 0 Å². The molecule has 0 aromatic rings. The molecule has 0 unspecified atom stereocenters. The zero-order valence-electron chi connectivity index (χ0n) is 6.38. The molecule has 0 saturated carbocycles. The van der Waals surface area contributed by atoms with Crippen molar-refractivity contribution in [2.45, 2.75) is 12.8 Å². The van der Waals surface area contributed by atoms with Crippen LogP contribution in [0.3, 0.4) is 0 Å². The van der Waals surface area contributed by atoms with Gasteiger partial charge >= 0.3 is 13.6 Å². The maximum absolute atomic E-state index is 10.3. The largest absolute Gasteiger partial charge is 0.481 e. The van der Waals surface area contributed by atoms with Crippen LogP contribution in [0.15, 0.2) is 12.2 Å². The lowest BCUT2D eigenvalue weighted by atomic mass is 10.3. The molecule has 0 radical (unpaired) electrons. The molecule has 0 spiro atoms. The third-order valence-corrected chi connectivity index (χ3v) is 1.72. The lowest BCUT2D eigenvalue weighted by Gasteiger charge is -1.96. The summed E-state index contributed by atoms with van der Waals surface area (Å²) < 4.78 is 10.3. The fourth-order valence-corrected chi connectivity index (χ4v) is 0.960. The molecule has 6 heteroatoms. The highest BCUT2D eigenvalue weighted by Gasteiger charge is 2.08. The first-order valence-electron chi connectivity index (χ1n) is 3.33. The van der Waals surface area contributed by atoms with E-state index < -0.39 is 13.6 Å².